The lowest BCUT2D eigenvalue weighted by atomic mass is 9.69. The minimum absolute atomic E-state index is 0.0151. The predicted octanol–water partition coefficient (Wildman–Crippen LogP) is 3.06. The number of hydrogen-bond acceptors (Lipinski definition) is 3. The zero-order valence-electron chi connectivity index (χ0n) is 14.7. The van der Waals surface area contributed by atoms with E-state index in [2.05, 4.69) is 26.1 Å². The molecule has 0 heterocycles. The van der Waals surface area contributed by atoms with Crippen LogP contribution in [0.3, 0.4) is 0 Å². The molecule has 0 bridgehead atoms. The summed E-state index contributed by atoms with van der Waals surface area (Å²) < 4.78 is 22.5. The first-order chi connectivity index (χ1) is 11.1. The van der Waals surface area contributed by atoms with E-state index in [1.54, 1.807) is 0 Å². The Morgan fingerprint density at radius 2 is 1.71 bits per heavy atom. The molecule has 1 aromatic carbocycles. The van der Waals surface area contributed by atoms with Crippen molar-refractivity contribution in [2.75, 3.05) is 0 Å². The highest BCUT2D eigenvalue weighted by molar-refractivity contribution is 7.89. The number of nitrogens with one attached hydrogen (secondary N) is 1. The fourth-order valence-electron chi connectivity index (χ4n) is 3.37. The molecule has 1 amide bonds. The third kappa shape index (κ3) is 4.57. The molecule has 3 N–H and O–H groups in total. The maximum Gasteiger partial charge on any atom is 0.251 e. The van der Waals surface area contributed by atoms with E-state index in [0.717, 1.165) is 25.7 Å². The van der Waals surface area contributed by atoms with Gasteiger partial charge in [0.15, 0.2) is 0 Å². The molecule has 0 spiro atoms. The first kappa shape index (κ1) is 18.9. The van der Waals surface area contributed by atoms with Crippen molar-refractivity contribution in [1.29, 1.82) is 0 Å². The molecule has 24 heavy (non-hydrogen) atoms. The molecular formula is C18H28N2O3S. The average Bonchev–Trinajstić information content (AvgIpc) is 2.54. The van der Waals surface area contributed by atoms with E-state index in [-0.39, 0.29) is 16.8 Å². The summed E-state index contributed by atoms with van der Waals surface area (Å²) in [5, 5.41) is 8.13. The quantitative estimate of drug-likeness (QED) is 0.853. The highest BCUT2D eigenvalue weighted by Gasteiger charge is 2.32. The van der Waals surface area contributed by atoms with E-state index in [9.17, 15) is 13.2 Å². The number of carbonyl (C=O) groups is 1. The second-order valence-electron chi connectivity index (χ2n) is 7.43. The van der Waals surface area contributed by atoms with Crippen molar-refractivity contribution in [2.24, 2.45) is 16.5 Å². The second-order valence-corrected chi connectivity index (χ2v) is 8.99. The highest BCUT2D eigenvalue weighted by Crippen LogP contribution is 2.40. The predicted molar refractivity (Wildman–Crippen MR) is 95.1 cm³/mol. The molecular weight excluding hydrogens is 324 g/mol. The number of sulfonamides is 1. The Balaban J connectivity index is 1.92. The van der Waals surface area contributed by atoms with Gasteiger partial charge in [-0.3, -0.25) is 4.79 Å². The Morgan fingerprint density at radius 1 is 1.17 bits per heavy atom. The summed E-state index contributed by atoms with van der Waals surface area (Å²) >= 11 is 0. The minimum Gasteiger partial charge on any atom is -0.349 e. The van der Waals surface area contributed by atoms with Gasteiger partial charge in [0.25, 0.3) is 5.91 Å². The lowest BCUT2D eigenvalue weighted by molar-refractivity contribution is 0.0893. The van der Waals surface area contributed by atoms with Crippen LogP contribution in [0.4, 0.5) is 0 Å². The number of benzene rings is 1. The average molecular weight is 353 g/mol. The van der Waals surface area contributed by atoms with Gasteiger partial charge in [-0.15, -0.1) is 0 Å². The first-order valence-corrected chi connectivity index (χ1v) is 10.1. The number of amides is 1. The third-order valence-corrected chi connectivity index (χ3v) is 6.45. The van der Waals surface area contributed by atoms with Gasteiger partial charge in [-0.25, -0.2) is 13.6 Å². The van der Waals surface area contributed by atoms with Gasteiger partial charge in [0, 0.05) is 11.6 Å². The number of primary sulfonamides is 1. The van der Waals surface area contributed by atoms with Gasteiger partial charge in [-0.2, -0.15) is 0 Å². The van der Waals surface area contributed by atoms with Crippen LogP contribution >= 0.6 is 0 Å². The molecule has 0 saturated heterocycles. The van der Waals surface area contributed by atoms with E-state index in [0.29, 0.717) is 16.9 Å². The summed E-state index contributed by atoms with van der Waals surface area (Å²) in [6.07, 6.45) is 5.43. The molecule has 2 rings (SSSR count). The minimum atomic E-state index is -3.73. The van der Waals surface area contributed by atoms with E-state index >= 15 is 0 Å². The number of hydrogen-bond donors (Lipinski definition) is 2. The van der Waals surface area contributed by atoms with Crippen molar-refractivity contribution in [3.63, 3.8) is 0 Å². The molecule has 1 aliphatic rings. The third-order valence-electron chi connectivity index (χ3n) is 5.52. The summed E-state index contributed by atoms with van der Waals surface area (Å²) in [6.45, 7) is 6.88. The maximum absolute atomic E-state index is 12.3. The Morgan fingerprint density at radius 3 is 2.17 bits per heavy atom. The van der Waals surface area contributed by atoms with Crippen molar-refractivity contribution in [3.05, 3.63) is 29.8 Å². The van der Waals surface area contributed by atoms with Crippen LogP contribution in [0.25, 0.3) is 0 Å². The van der Waals surface area contributed by atoms with Crippen LogP contribution in [-0.2, 0) is 10.0 Å². The number of rotatable bonds is 5. The van der Waals surface area contributed by atoms with Gasteiger partial charge < -0.3 is 5.32 Å². The topological polar surface area (TPSA) is 89.3 Å². The fourth-order valence-corrected chi connectivity index (χ4v) is 3.89. The van der Waals surface area contributed by atoms with Crippen LogP contribution < -0.4 is 10.5 Å². The molecule has 0 atom stereocenters. The number of carbonyl (C=O) groups excluding carboxylic acids is 1. The van der Waals surface area contributed by atoms with E-state index in [1.165, 1.54) is 30.7 Å². The highest BCUT2D eigenvalue weighted by atomic mass is 32.2. The summed E-state index contributed by atoms with van der Waals surface area (Å²) in [6, 6.07) is 5.93. The van der Waals surface area contributed by atoms with Gasteiger partial charge in [0.1, 0.15) is 0 Å². The van der Waals surface area contributed by atoms with Crippen molar-refractivity contribution < 1.29 is 13.2 Å². The fraction of sp³-hybridized carbons (Fsp3) is 0.611. The largest absolute Gasteiger partial charge is 0.349 e. The molecule has 1 aliphatic carbocycles. The van der Waals surface area contributed by atoms with Crippen molar-refractivity contribution in [2.45, 2.75) is 63.8 Å². The molecule has 0 unspecified atom stereocenters. The van der Waals surface area contributed by atoms with Gasteiger partial charge >= 0.3 is 0 Å². The van der Waals surface area contributed by atoms with E-state index < -0.39 is 10.0 Å². The summed E-state index contributed by atoms with van der Waals surface area (Å²) in [4.78, 5) is 12.3. The summed E-state index contributed by atoms with van der Waals surface area (Å²) in [7, 11) is -3.73. The molecule has 1 fully saturated rings. The van der Waals surface area contributed by atoms with Crippen molar-refractivity contribution in [1.82, 2.24) is 5.32 Å². The van der Waals surface area contributed by atoms with Gasteiger partial charge in [0.05, 0.1) is 4.90 Å². The Kier molecular flexibility index (Phi) is 5.71. The molecule has 1 aromatic rings. The van der Waals surface area contributed by atoms with Crippen LogP contribution in [0.15, 0.2) is 29.2 Å². The van der Waals surface area contributed by atoms with Crippen LogP contribution in [0.2, 0.25) is 0 Å². The summed E-state index contributed by atoms with van der Waals surface area (Å²) in [5.74, 6) is 0.555. The van der Waals surface area contributed by atoms with Crippen molar-refractivity contribution >= 4 is 15.9 Å². The zero-order valence-corrected chi connectivity index (χ0v) is 15.5. The molecule has 1 saturated carbocycles. The van der Waals surface area contributed by atoms with Crippen LogP contribution in [-0.4, -0.2) is 20.4 Å². The maximum atomic E-state index is 12.3. The smallest absolute Gasteiger partial charge is 0.251 e. The Bertz CT molecular complexity index is 673. The molecule has 5 nitrogen and oxygen atoms in total. The van der Waals surface area contributed by atoms with Crippen LogP contribution in [0.5, 0.6) is 0 Å². The molecule has 0 aromatic heterocycles. The zero-order chi connectivity index (χ0) is 18.0. The normalized spacial score (nSPS) is 22.2. The lowest BCUT2D eigenvalue weighted by Crippen LogP contribution is -2.39. The Hall–Kier alpha value is -1.40. The van der Waals surface area contributed by atoms with Crippen molar-refractivity contribution in [3.8, 4) is 0 Å². The molecule has 0 radical (unpaired) electrons. The molecule has 6 heteroatoms. The molecule has 134 valence electrons. The van der Waals surface area contributed by atoms with Crippen LogP contribution in [0, 0.1) is 11.3 Å². The van der Waals surface area contributed by atoms with Gasteiger partial charge in [-0.05, 0) is 61.3 Å². The summed E-state index contributed by atoms with van der Waals surface area (Å²) in [5.41, 5.74) is 0.817. The Labute approximate surface area is 145 Å². The van der Waals surface area contributed by atoms with E-state index in [1.807, 2.05) is 0 Å². The van der Waals surface area contributed by atoms with Gasteiger partial charge in [-0.1, -0.05) is 27.2 Å². The molecule has 0 aliphatic heterocycles. The first-order valence-electron chi connectivity index (χ1n) is 8.57. The van der Waals surface area contributed by atoms with Gasteiger partial charge in [0.2, 0.25) is 10.0 Å². The number of nitrogens with two attached hydrogens (primary N) is 1. The standard InChI is InChI=1S/C18H28N2O3S/c1-4-18(2,3)14-7-9-15(10-8-14)20-17(21)13-5-11-16(12-6-13)24(19,22)23/h5-6,11-12,14-15H,4,7-10H2,1-3H3,(H,20,21)(H2,19,22,23). The lowest BCUT2D eigenvalue weighted by Gasteiger charge is -2.39. The van der Waals surface area contributed by atoms with Crippen LogP contribution in [0.1, 0.15) is 63.2 Å². The monoisotopic (exact) mass is 352 g/mol. The van der Waals surface area contributed by atoms with E-state index in [4.69, 9.17) is 5.14 Å². The second kappa shape index (κ2) is 7.23. The SMILES string of the molecule is CCC(C)(C)C1CCC(NC(=O)c2ccc(S(N)(=O)=O)cc2)CC1.